The molecule has 3 aromatic rings. The van der Waals surface area contributed by atoms with Gasteiger partial charge in [-0.15, -0.1) is 0 Å². The molecule has 0 bridgehead atoms. The number of benzene rings is 2. The zero-order valence-corrected chi connectivity index (χ0v) is 40.4. The fraction of sp³-hybridized carbons (Fsp3) is 0.511. The van der Waals surface area contributed by atoms with Crippen LogP contribution in [0.15, 0.2) is 59.6 Å². The number of likely N-dealkylation sites (tertiary alicyclic amines) is 2. The molecule has 0 spiro atoms. The molecule has 3 saturated heterocycles. The van der Waals surface area contributed by atoms with Crippen molar-refractivity contribution in [2.45, 2.75) is 140 Å². The molecule has 0 radical (unpaired) electrons. The number of carbonyl (C=O) groups excluding carboxylic acids is 4. The monoisotopic (exact) mass is 986 g/mol. The Hall–Kier alpha value is -5.91. The highest BCUT2D eigenvalue weighted by molar-refractivity contribution is 7.89. The molecule has 0 unspecified atom stereocenters. The van der Waals surface area contributed by atoms with Crippen molar-refractivity contribution in [3.05, 3.63) is 83.2 Å². The summed E-state index contributed by atoms with van der Waals surface area (Å²) in [5.74, 6) is -4.03. The first kappa shape index (κ1) is 53.1. The molecule has 17 nitrogen and oxygen atoms in total. The van der Waals surface area contributed by atoms with Gasteiger partial charge in [-0.25, -0.2) is 31.6 Å². The number of sulfonamides is 1. The van der Waals surface area contributed by atoms with Crippen LogP contribution in [0.25, 0.3) is 0 Å². The molecule has 7 rings (SSSR count). The fourth-order valence-corrected chi connectivity index (χ4v) is 9.57. The van der Waals surface area contributed by atoms with Gasteiger partial charge in [-0.2, -0.15) is 9.57 Å². The summed E-state index contributed by atoms with van der Waals surface area (Å²) in [4.78, 5) is 66.0. The number of carboxylic acids is 1. The predicted molar refractivity (Wildman–Crippen MR) is 244 cm³/mol. The van der Waals surface area contributed by atoms with E-state index in [2.05, 4.69) is 4.98 Å². The number of rotatable bonds is 9. The van der Waals surface area contributed by atoms with Gasteiger partial charge in [-0.3, -0.25) is 24.4 Å². The van der Waals surface area contributed by atoms with Crippen molar-refractivity contribution in [2.24, 2.45) is 0 Å². The van der Waals surface area contributed by atoms with Crippen molar-refractivity contribution in [3.8, 4) is 11.8 Å². The average molecular weight is 988 g/mol. The molecule has 3 aliphatic heterocycles. The lowest BCUT2D eigenvalue weighted by Gasteiger charge is -2.41. The number of amides is 3. The van der Waals surface area contributed by atoms with Gasteiger partial charge in [0.1, 0.15) is 41.1 Å². The first-order chi connectivity index (χ1) is 31.8. The number of nitrogens with zero attached hydrogens (tertiary/aromatic N) is 6. The lowest BCUT2D eigenvalue weighted by Crippen LogP contribution is -2.59. The second-order valence-corrected chi connectivity index (χ2v) is 21.0. The maximum atomic E-state index is 14.1. The number of aliphatic carboxylic acids is 1. The molecular weight excluding hydrogens is 930 g/mol. The molecule has 2 aromatic carbocycles. The standard InChI is InChI=1S/C29H28F2N4O4S.C9H14ClNO3.C9H15NO4/c30-26-15-25(13-21(16-32)28(26)31)40(38,39)35-12-11-27(35)29(37)34(23-7-4-8-24(36)14-23)18-22-10-9-20(17-33-22)19-5-2-1-3-6-19;1-9(2,3)14-8(13)11-5-4-6(11)7(10)12;1-9(2,3)14-8(13)10-5-4-6(10)7(11)12/h4,7-10,13-15,17,19,27,36H,1-3,5-6,11-12,18H2;6H,4-5H2,1-3H3;6H,4-5H2,1-3H3,(H,11,12)/t27-;2*6-/m111/s1. The largest absolute Gasteiger partial charge is 0.508 e. The number of anilines is 1. The summed E-state index contributed by atoms with van der Waals surface area (Å²) in [6.45, 7) is 11.6. The highest BCUT2D eigenvalue weighted by atomic mass is 35.5. The number of phenolic OH excluding ortho intramolecular Hbond substituents is 1. The Labute approximate surface area is 399 Å². The van der Waals surface area contributed by atoms with Gasteiger partial charge in [0.25, 0.3) is 0 Å². The van der Waals surface area contributed by atoms with E-state index in [0.29, 0.717) is 49.3 Å². The van der Waals surface area contributed by atoms with E-state index in [-0.39, 0.29) is 25.3 Å². The minimum atomic E-state index is -4.42. The van der Waals surface area contributed by atoms with E-state index in [0.717, 1.165) is 28.8 Å². The number of aromatic nitrogens is 1. The lowest BCUT2D eigenvalue weighted by atomic mass is 9.85. The number of carboxylic acid groups (broad SMARTS) is 1. The second-order valence-electron chi connectivity index (χ2n) is 18.8. The molecule has 1 aromatic heterocycles. The topological polar surface area (TPSA) is 228 Å². The number of hydrogen-bond donors (Lipinski definition) is 2. The second kappa shape index (κ2) is 22.0. The third-order valence-corrected chi connectivity index (χ3v) is 13.6. The smallest absolute Gasteiger partial charge is 0.411 e. The van der Waals surface area contributed by atoms with Crippen LogP contribution in [0.4, 0.5) is 24.1 Å². The van der Waals surface area contributed by atoms with Crippen molar-refractivity contribution in [3.63, 3.8) is 0 Å². The summed E-state index contributed by atoms with van der Waals surface area (Å²) >= 11 is 5.30. The quantitative estimate of drug-likeness (QED) is 0.195. The highest BCUT2D eigenvalue weighted by Crippen LogP contribution is 2.34. The Morgan fingerprint density at radius 1 is 0.838 bits per heavy atom. The van der Waals surface area contributed by atoms with E-state index in [4.69, 9.17) is 31.4 Å². The first-order valence-electron chi connectivity index (χ1n) is 22.2. The average Bonchev–Trinajstić information content (AvgIpc) is 3.18. The van der Waals surface area contributed by atoms with Gasteiger partial charge in [-0.1, -0.05) is 31.4 Å². The molecule has 4 fully saturated rings. The Kier molecular flexibility index (Phi) is 17.2. The van der Waals surface area contributed by atoms with E-state index >= 15 is 0 Å². The number of nitriles is 1. The maximum Gasteiger partial charge on any atom is 0.411 e. The van der Waals surface area contributed by atoms with Gasteiger partial charge in [0.2, 0.25) is 21.2 Å². The third-order valence-electron chi connectivity index (χ3n) is 11.5. The number of phenols is 1. The van der Waals surface area contributed by atoms with Gasteiger partial charge in [0, 0.05) is 37.6 Å². The third kappa shape index (κ3) is 13.4. The zero-order chi connectivity index (χ0) is 50.3. The number of aromatic hydroxyl groups is 1. The fourth-order valence-electron chi connectivity index (χ4n) is 7.68. The Balaban J connectivity index is 0.000000251. The first-order valence-corrected chi connectivity index (χ1v) is 24.0. The lowest BCUT2D eigenvalue weighted by molar-refractivity contribution is -0.147. The van der Waals surface area contributed by atoms with E-state index in [1.165, 1.54) is 52.2 Å². The summed E-state index contributed by atoms with van der Waals surface area (Å²) in [5, 5.41) is 27.4. The van der Waals surface area contributed by atoms with Crippen LogP contribution in [0.1, 0.15) is 116 Å². The minimum absolute atomic E-state index is 0.0121. The Morgan fingerprint density at radius 3 is 1.88 bits per heavy atom. The van der Waals surface area contributed by atoms with E-state index < -0.39 is 90.7 Å². The molecule has 68 heavy (non-hydrogen) atoms. The molecule has 3 atom stereocenters. The molecule has 4 aliphatic rings. The van der Waals surface area contributed by atoms with Crippen LogP contribution in [0.5, 0.6) is 5.75 Å². The van der Waals surface area contributed by atoms with Gasteiger partial charge in [0.15, 0.2) is 11.6 Å². The summed E-state index contributed by atoms with van der Waals surface area (Å²) in [7, 11) is -4.42. The van der Waals surface area contributed by atoms with Crippen LogP contribution >= 0.6 is 11.6 Å². The summed E-state index contributed by atoms with van der Waals surface area (Å²) < 4.78 is 65.6. The Bertz CT molecular complexity index is 2450. The molecule has 1 aliphatic carbocycles. The van der Waals surface area contributed by atoms with Gasteiger partial charge in [0.05, 0.1) is 22.7 Å². The van der Waals surface area contributed by atoms with Gasteiger partial charge in [-0.05, 0) is 127 Å². The van der Waals surface area contributed by atoms with Crippen molar-refractivity contribution in [1.29, 1.82) is 5.26 Å². The molecule has 368 valence electrons. The number of pyridine rings is 1. The highest BCUT2D eigenvalue weighted by Gasteiger charge is 2.46. The molecule has 3 amide bonds. The SMILES string of the molecule is CC(C)(C)OC(=O)N1CC[C@@H]1C(=O)Cl.CC(C)(C)OC(=O)N1CC[C@@H]1C(=O)O.N#Cc1cc(S(=O)(=O)N2CC[C@@H]2C(=O)N(Cc2ccc(C3CCCCC3)cn2)c2cccc(O)c2)cc(F)c1F. The van der Waals surface area contributed by atoms with Crippen molar-refractivity contribution in [2.75, 3.05) is 24.5 Å². The minimum Gasteiger partial charge on any atom is -0.508 e. The normalized spacial score (nSPS) is 19.4. The predicted octanol–water partition coefficient (Wildman–Crippen LogP) is 7.82. The molecule has 1 saturated carbocycles. The van der Waals surface area contributed by atoms with Crippen LogP contribution in [-0.2, 0) is 40.4 Å². The number of hydrogen-bond acceptors (Lipinski definition) is 12. The van der Waals surface area contributed by atoms with Crippen LogP contribution in [0.3, 0.4) is 0 Å². The Morgan fingerprint density at radius 2 is 1.43 bits per heavy atom. The molecule has 2 N–H and O–H groups in total. The van der Waals surface area contributed by atoms with E-state index in [1.54, 1.807) is 53.7 Å². The van der Waals surface area contributed by atoms with Crippen LogP contribution < -0.4 is 4.90 Å². The van der Waals surface area contributed by atoms with Crippen LogP contribution in [0, 0.1) is 23.0 Å². The van der Waals surface area contributed by atoms with Crippen molar-refractivity contribution >= 4 is 56.6 Å². The molecular formula is C47H57ClF2N6O11S. The number of halogens is 3. The summed E-state index contributed by atoms with van der Waals surface area (Å²) in [5.41, 5.74) is 0.239. The van der Waals surface area contributed by atoms with Gasteiger partial charge >= 0.3 is 18.2 Å². The molecule has 21 heteroatoms. The van der Waals surface area contributed by atoms with Crippen LogP contribution in [0.2, 0.25) is 0 Å². The summed E-state index contributed by atoms with van der Waals surface area (Å²) in [6, 6.07) is 10.3. The molecule has 4 heterocycles. The zero-order valence-electron chi connectivity index (χ0n) is 38.8. The maximum absolute atomic E-state index is 14.1. The summed E-state index contributed by atoms with van der Waals surface area (Å²) in [6.07, 6.45) is 8.01. The van der Waals surface area contributed by atoms with Crippen molar-refractivity contribution in [1.82, 2.24) is 19.1 Å². The van der Waals surface area contributed by atoms with E-state index in [9.17, 15) is 46.3 Å². The number of ether oxygens (including phenoxy) is 2. The number of carbonyl (C=O) groups is 5. The van der Waals surface area contributed by atoms with Crippen LogP contribution in [-0.4, -0.2) is 116 Å². The van der Waals surface area contributed by atoms with Crippen molar-refractivity contribution < 1.29 is 60.9 Å². The van der Waals surface area contributed by atoms with E-state index in [1.807, 2.05) is 18.3 Å². The van der Waals surface area contributed by atoms with Gasteiger partial charge < -0.3 is 24.6 Å².